The molecule has 9 heteroatoms. The first-order valence-corrected chi connectivity index (χ1v) is 3.61. The third kappa shape index (κ3) is 3.50. The van der Waals surface area contributed by atoms with Crippen molar-refractivity contribution in [3.63, 3.8) is 0 Å². The average Bonchev–Trinajstić information content (AvgIpc) is 2.13. The molecule has 0 fully saturated rings. The van der Waals surface area contributed by atoms with E-state index in [0.29, 0.717) is 0 Å². The molecule has 0 aliphatic rings. The van der Waals surface area contributed by atoms with E-state index >= 15 is 0 Å². The number of hydrogen-bond acceptors (Lipinski definition) is 3. The Kier molecular flexibility index (Phi) is 4.81. The van der Waals surface area contributed by atoms with E-state index in [1.807, 2.05) is 0 Å². The third-order valence-electron chi connectivity index (χ3n) is 1.33. The molecule has 0 aliphatic carbocycles. The summed E-state index contributed by atoms with van der Waals surface area (Å²) in [5.41, 5.74) is 0. The highest BCUT2D eigenvalue weighted by atomic mass is 19.3. The maximum atomic E-state index is 12.3. The van der Waals surface area contributed by atoms with Crippen LogP contribution in [0.4, 0.5) is 26.3 Å². The molecule has 0 saturated heterocycles. The summed E-state index contributed by atoms with van der Waals surface area (Å²) in [4.78, 5) is 0. The van der Waals surface area contributed by atoms with Crippen molar-refractivity contribution >= 4 is 0 Å². The summed E-state index contributed by atoms with van der Waals surface area (Å²) < 4.78 is 74.9. The number of hydrogen-bond donors (Lipinski definition) is 2. The van der Waals surface area contributed by atoms with Gasteiger partial charge in [-0.05, 0) is 0 Å². The molecule has 15 heavy (non-hydrogen) atoms. The van der Waals surface area contributed by atoms with Gasteiger partial charge in [0.2, 0.25) is 0 Å². The summed E-state index contributed by atoms with van der Waals surface area (Å²) in [7, 11) is 0. The van der Waals surface area contributed by atoms with Gasteiger partial charge >= 0.3 is 18.5 Å². The fourth-order valence-electron chi connectivity index (χ4n) is 0.477. The van der Waals surface area contributed by atoms with E-state index in [9.17, 15) is 26.3 Å². The number of ether oxygens (including phenoxy) is 1. The maximum Gasteiger partial charge on any atom is 0.425 e. The van der Waals surface area contributed by atoms with Crippen molar-refractivity contribution in [1.82, 2.24) is 0 Å². The van der Waals surface area contributed by atoms with Crippen molar-refractivity contribution in [2.24, 2.45) is 0 Å². The quantitative estimate of drug-likeness (QED) is 0.679. The molecule has 0 aromatic rings. The largest absolute Gasteiger partial charge is 0.425 e. The van der Waals surface area contributed by atoms with Crippen molar-refractivity contribution in [3.8, 4) is 0 Å². The van der Waals surface area contributed by atoms with Crippen LogP contribution in [0.15, 0.2) is 0 Å². The van der Waals surface area contributed by atoms with Crippen LogP contribution >= 0.6 is 0 Å². The predicted octanol–water partition coefficient (Wildman–Crippen LogP) is 0.849. The van der Waals surface area contributed by atoms with Crippen LogP contribution in [-0.2, 0) is 4.74 Å². The molecule has 0 aromatic carbocycles. The maximum absolute atomic E-state index is 12.3. The third-order valence-corrected chi connectivity index (χ3v) is 1.33. The molecule has 0 bridgehead atoms. The molecule has 2 N–H and O–H groups in total. The second kappa shape index (κ2) is 4.99. The lowest BCUT2D eigenvalue weighted by atomic mass is 10.3. The summed E-state index contributed by atoms with van der Waals surface area (Å²) in [6.07, 6.45) is -11.8. The molecular formula is C6H8F6O3. The van der Waals surface area contributed by atoms with Crippen molar-refractivity contribution in [3.05, 3.63) is 0 Å². The Hall–Kier alpha value is -0.540. The summed E-state index contributed by atoms with van der Waals surface area (Å²) in [5, 5.41) is 16.6. The fraction of sp³-hybridized carbons (Fsp3) is 1.00. The van der Waals surface area contributed by atoms with E-state index in [2.05, 4.69) is 4.74 Å². The van der Waals surface area contributed by atoms with E-state index < -0.39 is 37.8 Å². The van der Waals surface area contributed by atoms with E-state index in [0.717, 1.165) is 0 Å². The van der Waals surface area contributed by atoms with Gasteiger partial charge in [-0.3, -0.25) is 0 Å². The standard InChI is InChI=1S/C6H8F6O3/c7-4(8)5(9,10)6(11,12)15-2-3(14)1-13/h3-4,13-14H,1-2H2. The zero-order chi connectivity index (χ0) is 12.3. The monoisotopic (exact) mass is 242 g/mol. The van der Waals surface area contributed by atoms with Crippen LogP contribution in [0.2, 0.25) is 0 Å². The lowest BCUT2D eigenvalue weighted by Crippen LogP contribution is -2.49. The first-order valence-electron chi connectivity index (χ1n) is 3.61. The second-order valence-corrected chi connectivity index (χ2v) is 2.59. The molecule has 92 valence electrons. The zero-order valence-corrected chi connectivity index (χ0v) is 7.14. The van der Waals surface area contributed by atoms with E-state index in [1.165, 1.54) is 0 Å². The van der Waals surface area contributed by atoms with Crippen LogP contribution in [0, 0.1) is 0 Å². The number of aliphatic hydroxyl groups excluding tert-OH is 2. The average molecular weight is 242 g/mol. The summed E-state index contributed by atoms with van der Waals surface area (Å²) >= 11 is 0. The smallest absolute Gasteiger partial charge is 0.394 e. The van der Waals surface area contributed by atoms with Gasteiger partial charge in [0.15, 0.2) is 0 Å². The van der Waals surface area contributed by atoms with Gasteiger partial charge in [-0.1, -0.05) is 0 Å². The normalized spacial score (nSPS) is 15.8. The SMILES string of the molecule is OCC(O)COC(F)(F)C(F)(F)C(F)F. The number of aliphatic hydroxyl groups is 2. The van der Waals surface area contributed by atoms with E-state index in [4.69, 9.17) is 10.2 Å². The van der Waals surface area contributed by atoms with Gasteiger partial charge in [0.25, 0.3) is 0 Å². The molecule has 1 unspecified atom stereocenters. The first kappa shape index (κ1) is 14.5. The Balaban J connectivity index is 4.41. The van der Waals surface area contributed by atoms with Gasteiger partial charge in [-0.2, -0.15) is 17.6 Å². The van der Waals surface area contributed by atoms with Crippen LogP contribution in [0.25, 0.3) is 0 Å². The molecule has 0 saturated carbocycles. The molecule has 1 atom stereocenters. The van der Waals surface area contributed by atoms with Gasteiger partial charge in [-0.15, -0.1) is 0 Å². The predicted molar refractivity (Wildman–Crippen MR) is 34.9 cm³/mol. The molecular weight excluding hydrogens is 234 g/mol. The van der Waals surface area contributed by atoms with E-state index in [-0.39, 0.29) is 0 Å². The number of alkyl halides is 6. The Morgan fingerprint density at radius 1 is 1.13 bits per heavy atom. The number of rotatable bonds is 6. The van der Waals surface area contributed by atoms with Gasteiger partial charge < -0.3 is 14.9 Å². The Morgan fingerprint density at radius 3 is 1.93 bits per heavy atom. The molecule has 0 spiro atoms. The summed E-state index contributed by atoms with van der Waals surface area (Å²) in [6.45, 7) is -2.40. The first-order chi connectivity index (χ1) is 6.65. The molecule has 0 amide bonds. The van der Waals surface area contributed by atoms with E-state index in [1.54, 1.807) is 0 Å². The molecule has 0 aromatic heterocycles. The molecule has 0 heterocycles. The topological polar surface area (TPSA) is 49.7 Å². The minimum Gasteiger partial charge on any atom is -0.394 e. The van der Waals surface area contributed by atoms with Gasteiger partial charge in [0.1, 0.15) is 6.10 Å². The zero-order valence-electron chi connectivity index (χ0n) is 7.14. The van der Waals surface area contributed by atoms with Crippen LogP contribution in [-0.4, -0.2) is 48.0 Å². The Morgan fingerprint density at radius 2 is 1.60 bits per heavy atom. The molecule has 3 nitrogen and oxygen atoms in total. The minimum atomic E-state index is -5.65. The van der Waals surface area contributed by atoms with Crippen molar-refractivity contribution in [1.29, 1.82) is 0 Å². The summed E-state index contributed by atoms with van der Waals surface area (Å²) in [5.74, 6) is -5.65. The molecule has 0 rings (SSSR count). The highest BCUT2D eigenvalue weighted by Crippen LogP contribution is 2.39. The fourth-order valence-corrected chi connectivity index (χ4v) is 0.477. The van der Waals surface area contributed by atoms with Gasteiger partial charge in [-0.25, -0.2) is 8.78 Å². The second-order valence-electron chi connectivity index (χ2n) is 2.59. The van der Waals surface area contributed by atoms with Crippen LogP contribution < -0.4 is 0 Å². The van der Waals surface area contributed by atoms with Crippen molar-refractivity contribution in [2.45, 2.75) is 24.6 Å². The Labute approximate surface area is 80.3 Å². The number of halogens is 6. The van der Waals surface area contributed by atoms with Crippen LogP contribution in [0.5, 0.6) is 0 Å². The van der Waals surface area contributed by atoms with Crippen LogP contribution in [0.3, 0.4) is 0 Å². The van der Waals surface area contributed by atoms with Gasteiger partial charge in [0, 0.05) is 0 Å². The lowest BCUT2D eigenvalue weighted by Gasteiger charge is -2.25. The highest BCUT2D eigenvalue weighted by Gasteiger charge is 2.64. The van der Waals surface area contributed by atoms with Gasteiger partial charge in [0.05, 0.1) is 13.2 Å². The highest BCUT2D eigenvalue weighted by molar-refractivity contribution is 4.79. The van der Waals surface area contributed by atoms with Crippen LogP contribution in [0.1, 0.15) is 0 Å². The minimum absolute atomic E-state index is 1.02. The van der Waals surface area contributed by atoms with Crippen molar-refractivity contribution in [2.75, 3.05) is 13.2 Å². The Bertz CT molecular complexity index is 197. The lowest BCUT2D eigenvalue weighted by molar-refractivity contribution is -0.377. The molecule has 0 aliphatic heterocycles. The summed E-state index contributed by atoms with van der Waals surface area (Å²) in [6, 6.07) is 0. The molecule has 0 radical (unpaired) electrons. The van der Waals surface area contributed by atoms with Crippen molar-refractivity contribution < 1.29 is 41.3 Å².